The lowest BCUT2D eigenvalue weighted by Gasteiger charge is -2.34. The van der Waals surface area contributed by atoms with Crippen LogP contribution < -0.4 is 5.32 Å². The van der Waals surface area contributed by atoms with E-state index in [0.29, 0.717) is 19.1 Å². The van der Waals surface area contributed by atoms with E-state index in [9.17, 15) is 4.79 Å². The first-order valence-electron chi connectivity index (χ1n) is 7.01. The van der Waals surface area contributed by atoms with Crippen LogP contribution in [0.15, 0.2) is 0 Å². The van der Waals surface area contributed by atoms with E-state index in [1.54, 1.807) is 0 Å². The van der Waals surface area contributed by atoms with Crippen molar-refractivity contribution in [3.8, 4) is 0 Å². The predicted octanol–water partition coefficient (Wildman–Crippen LogP) is 1.90. The molecule has 0 amide bonds. The van der Waals surface area contributed by atoms with Crippen molar-refractivity contribution in [2.75, 3.05) is 33.3 Å². The molecule has 0 aromatic heterocycles. The van der Waals surface area contributed by atoms with Gasteiger partial charge in [-0.3, -0.25) is 4.79 Å². The van der Waals surface area contributed by atoms with Crippen LogP contribution in [-0.2, 0) is 9.53 Å². The third kappa shape index (κ3) is 5.36. The quantitative estimate of drug-likeness (QED) is 0.641. The number of carbonyl (C=O) groups is 1. The largest absolute Gasteiger partial charge is 0.465 e. The highest BCUT2D eigenvalue weighted by Gasteiger charge is 2.34. The van der Waals surface area contributed by atoms with Gasteiger partial charge >= 0.3 is 5.97 Å². The van der Waals surface area contributed by atoms with E-state index < -0.39 is 5.54 Å². The Balaban J connectivity index is 4.60. The van der Waals surface area contributed by atoms with Gasteiger partial charge in [0.2, 0.25) is 0 Å². The molecule has 0 radical (unpaired) electrons. The van der Waals surface area contributed by atoms with Crippen LogP contribution in [0.25, 0.3) is 0 Å². The van der Waals surface area contributed by atoms with Gasteiger partial charge in [0.05, 0.1) is 6.61 Å². The second kappa shape index (κ2) is 8.48. The molecule has 0 bridgehead atoms. The molecule has 18 heavy (non-hydrogen) atoms. The molecular weight excluding hydrogens is 228 g/mol. The molecule has 0 aliphatic heterocycles. The maximum absolute atomic E-state index is 12.0. The Morgan fingerprint density at radius 1 is 1.39 bits per heavy atom. The summed E-state index contributed by atoms with van der Waals surface area (Å²) >= 11 is 0. The van der Waals surface area contributed by atoms with E-state index in [1.807, 2.05) is 20.9 Å². The first-order chi connectivity index (χ1) is 8.43. The normalized spacial score (nSPS) is 16.4. The molecule has 0 heterocycles. The zero-order chi connectivity index (χ0) is 14.2. The molecule has 0 aromatic rings. The van der Waals surface area contributed by atoms with Crippen molar-refractivity contribution in [3.63, 3.8) is 0 Å². The van der Waals surface area contributed by atoms with Gasteiger partial charge in [-0.15, -0.1) is 0 Å². The predicted molar refractivity (Wildman–Crippen MR) is 75.7 cm³/mol. The maximum Gasteiger partial charge on any atom is 0.327 e. The minimum absolute atomic E-state index is 0.171. The van der Waals surface area contributed by atoms with E-state index in [4.69, 9.17) is 4.74 Å². The topological polar surface area (TPSA) is 41.6 Å². The van der Waals surface area contributed by atoms with Crippen LogP contribution in [0.2, 0.25) is 0 Å². The Labute approximate surface area is 112 Å². The lowest BCUT2D eigenvalue weighted by Crippen LogP contribution is -2.56. The summed E-state index contributed by atoms with van der Waals surface area (Å²) in [4.78, 5) is 14.3. The zero-order valence-corrected chi connectivity index (χ0v) is 12.9. The van der Waals surface area contributed by atoms with Gasteiger partial charge in [-0.2, -0.15) is 0 Å². The second-order valence-electron chi connectivity index (χ2n) is 5.14. The van der Waals surface area contributed by atoms with Gasteiger partial charge < -0.3 is 15.0 Å². The van der Waals surface area contributed by atoms with Gasteiger partial charge in [0.25, 0.3) is 0 Å². The highest BCUT2D eigenvalue weighted by Crippen LogP contribution is 2.12. The highest BCUT2D eigenvalue weighted by molar-refractivity contribution is 5.80. The highest BCUT2D eigenvalue weighted by atomic mass is 16.5. The van der Waals surface area contributed by atoms with Crippen LogP contribution in [0.5, 0.6) is 0 Å². The van der Waals surface area contributed by atoms with Crippen molar-refractivity contribution in [1.82, 2.24) is 10.2 Å². The molecule has 0 saturated carbocycles. The van der Waals surface area contributed by atoms with Crippen LogP contribution >= 0.6 is 0 Å². The number of ether oxygens (including phenoxy) is 1. The average Bonchev–Trinajstić information content (AvgIpc) is 2.37. The molecule has 0 rings (SSSR count). The molecule has 0 spiro atoms. The number of nitrogens with zero attached hydrogens (tertiary/aromatic N) is 1. The number of esters is 1. The van der Waals surface area contributed by atoms with Crippen molar-refractivity contribution >= 4 is 5.97 Å². The molecule has 0 fully saturated rings. The monoisotopic (exact) mass is 258 g/mol. The average molecular weight is 258 g/mol. The minimum atomic E-state index is -0.626. The summed E-state index contributed by atoms with van der Waals surface area (Å²) in [6, 6.07) is 0. The molecule has 108 valence electrons. The van der Waals surface area contributed by atoms with Crippen molar-refractivity contribution in [1.29, 1.82) is 0 Å². The zero-order valence-electron chi connectivity index (χ0n) is 12.9. The summed E-state index contributed by atoms with van der Waals surface area (Å²) in [5.74, 6) is 0.475. The van der Waals surface area contributed by atoms with E-state index in [1.165, 1.54) is 0 Å². The fraction of sp³-hybridized carbons (Fsp3) is 0.929. The van der Waals surface area contributed by atoms with Crippen LogP contribution in [-0.4, -0.2) is 49.7 Å². The summed E-state index contributed by atoms with van der Waals surface area (Å²) in [6.45, 7) is 13.4. The Hall–Kier alpha value is -0.610. The van der Waals surface area contributed by atoms with E-state index >= 15 is 0 Å². The fourth-order valence-electron chi connectivity index (χ4n) is 1.86. The number of nitrogens with one attached hydrogen (secondary N) is 1. The summed E-state index contributed by atoms with van der Waals surface area (Å²) in [6.07, 6.45) is 1.16. The van der Waals surface area contributed by atoms with Crippen LogP contribution in [0.4, 0.5) is 0 Å². The smallest absolute Gasteiger partial charge is 0.327 e. The van der Waals surface area contributed by atoms with E-state index in [-0.39, 0.29) is 5.97 Å². The van der Waals surface area contributed by atoms with Gasteiger partial charge in [-0.25, -0.2) is 0 Å². The first-order valence-corrected chi connectivity index (χ1v) is 7.01. The first kappa shape index (κ1) is 17.4. The molecule has 1 N–H and O–H groups in total. The molecule has 0 saturated heterocycles. The summed E-state index contributed by atoms with van der Waals surface area (Å²) in [5.41, 5.74) is -0.626. The third-order valence-electron chi connectivity index (χ3n) is 3.53. The summed E-state index contributed by atoms with van der Waals surface area (Å²) in [7, 11) is 1.81. The number of rotatable bonds is 9. The van der Waals surface area contributed by atoms with Gasteiger partial charge in [0.1, 0.15) is 5.54 Å². The van der Waals surface area contributed by atoms with Gasteiger partial charge in [0, 0.05) is 13.1 Å². The Morgan fingerprint density at radius 2 is 2.00 bits per heavy atom. The number of hydrogen-bond acceptors (Lipinski definition) is 4. The number of carbonyl (C=O) groups excluding carboxylic acids is 1. The summed E-state index contributed by atoms with van der Waals surface area (Å²) in [5, 5.41) is 3.10. The Bertz CT molecular complexity index is 246. The van der Waals surface area contributed by atoms with Gasteiger partial charge in [-0.05, 0) is 33.4 Å². The van der Waals surface area contributed by atoms with Gasteiger partial charge in [-0.1, -0.05) is 27.2 Å². The molecular formula is C14H30N2O2. The molecule has 4 heteroatoms. The molecule has 0 aliphatic carbocycles. The lowest BCUT2D eigenvalue weighted by molar-refractivity contribution is -0.151. The van der Waals surface area contributed by atoms with Crippen LogP contribution in [0, 0.1) is 5.92 Å². The number of likely N-dealkylation sites (N-methyl/N-ethyl adjacent to an activating group) is 2. The van der Waals surface area contributed by atoms with Crippen molar-refractivity contribution in [3.05, 3.63) is 0 Å². The molecule has 2 atom stereocenters. The van der Waals surface area contributed by atoms with Crippen molar-refractivity contribution < 1.29 is 9.53 Å². The minimum Gasteiger partial charge on any atom is -0.465 e. The van der Waals surface area contributed by atoms with Crippen LogP contribution in [0.1, 0.15) is 41.0 Å². The SMILES string of the molecule is CCOC(=O)C(C)(CN(CC)CC(C)CC)NC. The second-order valence-corrected chi connectivity index (χ2v) is 5.14. The van der Waals surface area contributed by atoms with E-state index in [2.05, 4.69) is 31.0 Å². The standard InChI is InChI=1S/C14H30N2O2/c1-7-12(4)10-16(8-2)11-14(5,15-6)13(17)18-9-3/h12,15H,7-11H2,1-6H3. The Morgan fingerprint density at radius 3 is 2.39 bits per heavy atom. The van der Waals surface area contributed by atoms with Gasteiger partial charge in [0.15, 0.2) is 0 Å². The fourth-order valence-corrected chi connectivity index (χ4v) is 1.86. The molecule has 0 aliphatic rings. The summed E-state index contributed by atoms with van der Waals surface area (Å²) < 4.78 is 5.15. The lowest BCUT2D eigenvalue weighted by atomic mass is 10.0. The van der Waals surface area contributed by atoms with Crippen molar-refractivity contribution in [2.45, 2.75) is 46.6 Å². The molecule has 4 nitrogen and oxygen atoms in total. The Kier molecular flexibility index (Phi) is 8.20. The maximum atomic E-state index is 12.0. The third-order valence-corrected chi connectivity index (χ3v) is 3.53. The molecule has 2 unspecified atom stereocenters. The van der Waals surface area contributed by atoms with Crippen LogP contribution in [0.3, 0.4) is 0 Å². The van der Waals surface area contributed by atoms with E-state index in [0.717, 1.165) is 19.5 Å². The number of hydrogen-bond donors (Lipinski definition) is 1. The molecule has 0 aromatic carbocycles. The van der Waals surface area contributed by atoms with Crippen molar-refractivity contribution in [2.24, 2.45) is 5.92 Å².